The zero-order chi connectivity index (χ0) is 47.4. The van der Waals surface area contributed by atoms with Crippen molar-refractivity contribution in [1.82, 2.24) is 0 Å². The molecule has 0 rings (SSSR count). The van der Waals surface area contributed by atoms with Crippen LogP contribution < -0.4 is 5.73 Å². The number of hydrogen-bond donors (Lipinski definition) is 5. The minimum atomic E-state index is -4.79. The number of nitrogens with two attached hydrogens (primary N) is 1. The highest BCUT2D eigenvalue weighted by Gasteiger charge is 2.28. The lowest BCUT2D eigenvalue weighted by molar-refractivity contribution is -0.161. The van der Waals surface area contributed by atoms with Gasteiger partial charge in [0.05, 0.1) is 25.4 Å². The van der Waals surface area contributed by atoms with Crippen molar-refractivity contribution in [2.45, 2.75) is 231 Å². The van der Waals surface area contributed by atoms with Crippen LogP contribution in [0.4, 0.5) is 0 Å². The van der Waals surface area contributed by atoms with Crippen molar-refractivity contribution in [3.05, 3.63) is 48.6 Å². The average molecular weight is 928 g/mol. The summed E-state index contributed by atoms with van der Waals surface area (Å²) >= 11 is 0. The van der Waals surface area contributed by atoms with E-state index in [1.165, 1.54) is 109 Å². The summed E-state index contributed by atoms with van der Waals surface area (Å²) in [7, 11) is -4.79. The van der Waals surface area contributed by atoms with Crippen LogP contribution in [0.5, 0.6) is 0 Å². The summed E-state index contributed by atoms with van der Waals surface area (Å²) in [6.45, 7) is 2.50. The summed E-state index contributed by atoms with van der Waals surface area (Å²) < 4.78 is 32.6. The average Bonchev–Trinajstić information content (AvgIpc) is 3.26. The molecular formula is C50H90NO12P. The van der Waals surface area contributed by atoms with E-state index in [2.05, 4.69) is 18.4 Å². The number of phosphoric acid groups is 1. The summed E-state index contributed by atoms with van der Waals surface area (Å²) in [4.78, 5) is 46.1. The maximum atomic E-state index is 12.7. The van der Waals surface area contributed by atoms with Crippen LogP contribution in [0.2, 0.25) is 0 Å². The molecule has 0 aliphatic rings. The Bertz CT molecular complexity index is 1310. The highest BCUT2D eigenvalue weighted by Crippen LogP contribution is 2.43. The Hall–Kier alpha value is -2.64. The summed E-state index contributed by atoms with van der Waals surface area (Å²) in [5.74, 6) is -2.63. The van der Waals surface area contributed by atoms with Gasteiger partial charge in [0.25, 0.3) is 0 Å². The molecule has 372 valence electrons. The zero-order valence-electron chi connectivity index (χ0n) is 39.8. The Morgan fingerprint density at radius 3 is 1.42 bits per heavy atom. The smallest absolute Gasteiger partial charge is 0.472 e. The number of aliphatic hydroxyl groups excluding tert-OH is 2. The van der Waals surface area contributed by atoms with Gasteiger partial charge in [0.1, 0.15) is 12.6 Å². The van der Waals surface area contributed by atoms with Gasteiger partial charge in [-0.25, -0.2) is 4.57 Å². The third-order valence-corrected chi connectivity index (χ3v) is 11.7. The van der Waals surface area contributed by atoms with Crippen LogP contribution in [-0.2, 0) is 37.5 Å². The topological polar surface area (TPSA) is 212 Å². The van der Waals surface area contributed by atoms with E-state index in [9.17, 15) is 34.1 Å². The van der Waals surface area contributed by atoms with Crippen molar-refractivity contribution in [2.75, 3.05) is 19.8 Å². The molecule has 13 nitrogen and oxygen atoms in total. The van der Waals surface area contributed by atoms with Gasteiger partial charge >= 0.3 is 25.7 Å². The Labute approximate surface area is 387 Å². The predicted molar refractivity (Wildman–Crippen MR) is 257 cm³/mol. The van der Waals surface area contributed by atoms with E-state index in [-0.39, 0.29) is 25.7 Å². The van der Waals surface area contributed by atoms with E-state index in [4.69, 9.17) is 24.8 Å². The second kappa shape index (κ2) is 44.2. The number of carboxylic acids is 1. The number of rotatable bonds is 46. The number of carbonyl (C=O) groups excluding carboxylic acids is 2. The summed E-state index contributed by atoms with van der Waals surface area (Å²) in [6, 6.07) is -1.56. The Balaban J connectivity index is 4.44. The van der Waals surface area contributed by atoms with Gasteiger partial charge in [0, 0.05) is 12.8 Å². The zero-order valence-corrected chi connectivity index (χ0v) is 40.7. The number of unbranched alkanes of at least 4 members (excludes halogenated alkanes) is 22. The van der Waals surface area contributed by atoms with Crippen LogP contribution in [0, 0.1) is 0 Å². The Morgan fingerprint density at radius 2 is 0.953 bits per heavy atom. The number of phosphoric ester groups is 1. The predicted octanol–water partition coefficient (Wildman–Crippen LogP) is 11.7. The van der Waals surface area contributed by atoms with Crippen LogP contribution in [-0.4, -0.2) is 82.3 Å². The first-order valence-electron chi connectivity index (χ1n) is 24.9. The molecule has 0 bridgehead atoms. The van der Waals surface area contributed by atoms with E-state index in [1.54, 1.807) is 24.3 Å². The van der Waals surface area contributed by atoms with Crippen molar-refractivity contribution < 1.29 is 57.7 Å². The lowest BCUT2D eigenvalue weighted by Gasteiger charge is -2.20. The number of aliphatic carboxylic acids is 1. The van der Waals surface area contributed by atoms with Crippen LogP contribution in [0.15, 0.2) is 48.6 Å². The van der Waals surface area contributed by atoms with Gasteiger partial charge in [-0.05, 0) is 32.1 Å². The molecule has 1 unspecified atom stereocenters. The molecule has 0 aromatic carbocycles. The first kappa shape index (κ1) is 61.4. The van der Waals surface area contributed by atoms with Crippen molar-refractivity contribution in [1.29, 1.82) is 0 Å². The fourth-order valence-corrected chi connectivity index (χ4v) is 7.59. The molecule has 0 aromatic rings. The summed E-state index contributed by atoms with van der Waals surface area (Å²) in [6.07, 6.45) is 43.9. The van der Waals surface area contributed by atoms with E-state index in [0.717, 1.165) is 44.9 Å². The molecule has 0 saturated heterocycles. The van der Waals surface area contributed by atoms with Crippen LogP contribution in [0.1, 0.15) is 206 Å². The van der Waals surface area contributed by atoms with Crippen molar-refractivity contribution in [3.63, 3.8) is 0 Å². The first-order chi connectivity index (χ1) is 30.9. The maximum Gasteiger partial charge on any atom is 0.472 e. The molecule has 0 spiro atoms. The fourth-order valence-electron chi connectivity index (χ4n) is 6.81. The highest BCUT2D eigenvalue weighted by atomic mass is 31.2. The van der Waals surface area contributed by atoms with E-state index in [0.29, 0.717) is 12.8 Å². The minimum Gasteiger partial charge on any atom is -0.480 e. The van der Waals surface area contributed by atoms with Gasteiger partial charge < -0.3 is 35.4 Å². The fraction of sp³-hybridized carbons (Fsp3) is 0.780. The SMILES string of the molecule is CCCCCCCCCCCCCCCCCCCCCCCC(=O)OC[C@H](COP(=O)(O)OC[C@H](N)C(=O)O)OC(=O)CCC[C@H](O)/C=C/C=C\C/C=C\C=C\[C@H](O)CCCCC. The quantitative estimate of drug-likeness (QED) is 0.0167. The monoisotopic (exact) mass is 928 g/mol. The van der Waals surface area contributed by atoms with Gasteiger partial charge in [0.2, 0.25) is 0 Å². The Morgan fingerprint density at radius 1 is 0.547 bits per heavy atom. The maximum absolute atomic E-state index is 12.7. The molecule has 0 saturated carbocycles. The van der Waals surface area contributed by atoms with Crippen molar-refractivity contribution in [3.8, 4) is 0 Å². The first-order valence-corrected chi connectivity index (χ1v) is 26.4. The molecular weight excluding hydrogens is 838 g/mol. The Kier molecular flexibility index (Phi) is 42.4. The number of aliphatic hydroxyl groups is 2. The van der Waals surface area contributed by atoms with Crippen LogP contribution >= 0.6 is 7.82 Å². The molecule has 0 radical (unpaired) electrons. The molecule has 14 heteroatoms. The standard InChI is InChI=1S/C50H90NO12P/c1-3-5-7-8-9-10-11-12-13-14-15-16-17-18-19-20-21-22-26-29-33-39-48(54)60-41-46(42-61-64(58,59)62-43-47(51)50(56)57)63-49(55)40-34-38-45(53)37-32-28-25-23-24-27-31-36-44(52)35-30-6-4-2/h24-25,27-28,31-32,36-37,44-47,52-53H,3-23,26,29-30,33-35,38-43,51H2,1-2H3,(H,56,57)(H,58,59)/b27-24-,28-25-,36-31+,37-32+/t44-,45-,46-,47+/m1/s1. The van der Waals surface area contributed by atoms with E-state index >= 15 is 0 Å². The molecule has 0 fully saturated rings. The molecule has 0 amide bonds. The third kappa shape index (κ3) is 43.3. The second-order valence-corrected chi connectivity index (χ2v) is 18.5. The van der Waals surface area contributed by atoms with Crippen molar-refractivity contribution >= 4 is 25.7 Å². The van der Waals surface area contributed by atoms with Gasteiger partial charge in [-0.2, -0.15) is 0 Å². The van der Waals surface area contributed by atoms with Gasteiger partial charge in [-0.3, -0.25) is 23.4 Å². The molecule has 6 N–H and O–H groups in total. The van der Waals surface area contributed by atoms with E-state index in [1.807, 2.05) is 24.3 Å². The van der Waals surface area contributed by atoms with Crippen LogP contribution in [0.3, 0.4) is 0 Å². The molecule has 0 aliphatic carbocycles. The van der Waals surface area contributed by atoms with Gasteiger partial charge in [-0.1, -0.05) is 210 Å². The molecule has 5 atom stereocenters. The number of carboxylic acid groups (broad SMARTS) is 1. The van der Waals surface area contributed by atoms with Crippen LogP contribution in [0.25, 0.3) is 0 Å². The molecule has 0 heterocycles. The minimum absolute atomic E-state index is 0.0863. The number of allylic oxidation sites excluding steroid dienone is 6. The van der Waals surface area contributed by atoms with Gasteiger partial charge in [-0.15, -0.1) is 0 Å². The van der Waals surface area contributed by atoms with Gasteiger partial charge in [0.15, 0.2) is 6.10 Å². The lowest BCUT2D eigenvalue weighted by Crippen LogP contribution is -2.34. The summed E-state index contributed by atoms with van der Waals surface area (Å²) in [5.41, 5.74) is 5.33. The number of ether oxygens (including phenoxy) is 2. The number of esters is 2. The largest absolute Gasteiger partial charge is 0.480 e. The van der Waals surface area contributed by atoms with Crippen molar-refractivity contribution in [2.24, 2.45) is 5.73 Å². The number of carbonyl (C=O) groups is 3. The lowest BCUT2D eigenvalue weighted by atomic mass is 10.0. The summed E-state index contributed by atoms with van der Waals surface area (Å²) in [5, 5.41) is 29.1. The molecule has 0 aromatic heterocycles. The highest BCUT2D eigenvalue weighted by molar-refractivity contribution is 7.47. The third-order valence-electron chi connectivity index (χ3n) is 10.8. The second-order valence-electron chi connectivity index (χ2n) is 17.0. The normalized spacial score (nSPS) is 15.0. The van der Waals surface area contributed by atoms with E-state index < -0.39 is 69.9 Å². The number of hydrogen-bond acceptors (Lipinski definition) is 11. The molecule has 64 heavy (non-hydrogen) atoms. The molecule has 0 aliphatic heterocycles.